The van der Waals surface area contributed by atoms with E-state index in [0.717, 1.165) is 16.5 Å². The molecule has 0 N–H and O–H groups in total. The SMILES string of the molecule is Cc1ccc2c(S(=O)(=O)[O-])ccc(C)c2c1.[Na+]. The van der Waals surface area contributed by atoms with Crippen LogP contribution in [0.1, 0.15) is 11.1 Å². The topological polar surface area (TPSA) is 57.2 Å². The van der Waals surface area contributed by atoms with Gasteiger partial charge in [-0.1, -0.05) is 29.8 Å². The van der Waals surface area contributed by atoms with Crippen LogP contribution < -0.4 is 29.6 Å². The second kappa shape index (κ2) is 5.08. The molecule has 0 radical (unpaired) electrons. The smallest absolute Gasteiger partial charge is 0.744 e. The van der Waals surface area contributed by atoms with Crippen molar-refractivity contribution in [2.45, 2.75) is 18.7 Å². The normalized spacial score (nSPS) is 11.2. The van der Waals surface area contributed by atoms with Crippen LogP contribution in [-0.2, 0) is 10.1 Å². The number of hydrogen-bond acceptors (Lipinski definition) is 3. The summed E-state index contributed by atoms with van der Waals surface area (Å²) in [5.74, 6) is 0. The van der Waals surface area contributed by atoms with E-state index in [-0.39, 0.29) is 34.5 Å². The van der Waals surface area contributed by atoms with Crippen molar-refractivity contribution in [2.24, 2.45) is 0 Å². The zero-order chi connectivity index (χ0) is 11.9. The van der Waals surface area contributed by atoms with Gasteiger partial charge in [-0.3, -0.25) is 0 Å². The van der Waals surface area contributed by atoms with Crippen molar-refractivity contribution >= 4 is 20.9 Å². The van der Waals surface area contributed by atoms with Crippen LogP contribution in [0.15, 0.2) is 35.2 Å². The fraction of sp³-hybridized carbons (Fsp3) is 0.167. The Hall–Kier alpha value is -0.390. The molecule has 0 saturated heterocycles. The van der Waals surface area contributed by atoms with Gasteiger partial charge in [-0.2, -0.15) is 0 Å². The van der Waals surface area contributed by atoms with Crippen LogP contribution in [0.3, 0.4) is 0 Å². The molecule has 0 bridgehead atoms. The molecular formula is C12H11NaO3S. The van der Waals surface area contributed by atoms with Crippen molar-refractivity contribution in [1.82, 2.24) is 0 Å². The predicted molar refractivity (Wildman–Crippen MR) is 61.4 cm³/mol. The van der Waals surface area contributed by atoms with Crippen molar-refractivity contribution in [3.8, 4) is 0 Å². The van der Waals surface area contributed by atoms with Gasteiger partial charge >= 0.3 is 29.6 Å². The van der Waals surface area contributed by atoms with Gasteiger partial charge in [0.25, 0.3) is 0 Å². The predicted octanol–water partition coefficient (Wildman–Crippen LogP) is -0.635. The van der Waals surface area contributed by atoms with Gasteiger partial charge in [-0.25, -0.2) is 8.42 Å². The Kier molecular flexibility index (Phi) is 4.38. The molecule has 5 heteroatoms. The Balaban J connectivity index is 0.00000144. The van der Waals surface area contributed by atoms with Gasteiger partial charge in [0.15, 0.2) is 0 Å². The Morgan fingerprint density at radius 2 is 1.65 bits per heavy atom. The van der Waals surface area contributed by atoms with Crippen molar-refractivity contribution in [3.63, 3.8) is 0 Å². The van der Waals surface area contributed by atoms with Crippen LogP contribution in [0.4, 0.5) is 0 Å². The summed E-state index contributed by atoms with van der Waals surface area (Å²) in [6, 6.07) is 8.40. The van der Waals surface area contributed by atoms with Crippen LogP contribution in [-0.4, -0.2) is 13.0 Å². The zero-order valence-corrected chi connectivity index (χ0v) is 12.8. The summed E-state index contributed by atoms with van der Waals surface area (Å²) in [6.07, 6.45) is 0. The summed E-state index contributed by atoms with van der Waals surface area (Å²) in [4.78, 5) is -0.145. The van der Waals surface area contributed by atoms with Crippen LogP contribution in [0.25, 0.3) is 10.8 Å². The summed E-state index contributed by atoms with van der Waals surface area (Å²) in [5, 5.41) is 1.32. The first-order valence-electron chi connectivity index (χ1n) is 4.85. The van der Waals surface area contributed by atoms with Crippen LogP contribution >= 0.6 is 0 Å². The van der Waals surface area contributed by atoms with Crippen molar-refractivity contribution in [1.29, 1.82) is 0 Å². The molecule has 0 spiro atoms. The summed E-state index contributed by atoms with van der Waals surface area (Å²) in [6.45, 7) is 3.82. The van der Waals surface area contributed by atoms with Gasteiger partial charge in [-0.05, 0) is 36.2 Å². The minimum atomic E-state index is -4.41. The average molecular weight is 258 g/mol. The molecule has 0 aliphatic carbocycles. The van der Waals surface area contributed by atoms with Crippen molar-refractivity contribution in [3.05, 3.63) is 41.5 Å². The maximum atomic E-state index is 11.1. The first kappa shape index (κ1) is 14.7. The van der Waals surface area contributed by atoms with Gasteiger partial charge < -0.3 is 4.55 Å². The quantitative estimate of drug-likeness (QED) is 0.505. The van der Waals surface area contributed by atoms with Crippen LogP contribution in [0, 0.1) is 13.8 Å². The fourth-order valence-corrected chi connectivity index (χ4v) is 2.48. The Bertz CT molecular complexity index is 663. The van der Waals surface area contributed by atoms with Gasteiger partial charge in [0, 0.05) is 0 Å². The van der Waals surface area contributed by atoms with E-state index in [1.54, 1.807) is 18.2 Å². The van der Waals surface area contributed by atoms with Crippen molar-refractivity contribution < 1.29 is 42.5 Å². The molecule has 2 aromatic carbocycles. The summed E-state index contributed by atoms with van der Waals surface area (Å²) in [5.41, 5.74) is 2.00. The van der Waals surface area contributed by atoms with Gasteiger partial charge in [0.05, 0.1) is 4.90 Å². The molecule has 0 heterocycles. The zero-order valence-electron chi connectivity index (χ0n) is 10.0. The average Bonchev–Trinajstić information content (AvgIpc) is 2.17. The molecule has 0 aliphatic heterocycles. The Morgan fingerprint density at radius 3 is 2.24 bits per heavy atom. The molecule has 2 rings (SSSR count). The molecule has 0 unspecified atom stereocenters. The molecule has 0 saturated carbocycles. The van der Waals surface area contributed by atoms with Gasteiger partial charge in [0.2, 0.25) is 0 Å². The number of fused-ring (bicyclic) bond motifs is 1. The van der Waals surface area contributed by atoms with E-state index in [4.69, 9.17) is 0 Å². The molecule has 2 aromatic rings. The summed E-state index contributed by atoms with van der Waals surface area (Å²) >= 11 is 0. The molecule has 0 amide bonds. The van der Waals surface area contributed by atoms with E-state index in [0.29, 0.717) is 5.39 Å². The standard InChI is InChI=1S/C12H12O3S.Na/c1-8-3-5-10-11(7-8)9(2)4-6-12(10)16(13,14)15;/h3-7H,1-2H3,(H,13,14,15);/q;+1/p-1. The van der Waals surface area contributed by atoms with Crippen molar-refractivity contribution in [2.75, 3.05) is 0 Å². The first-order chi connectivity index (χ1) is 7.39. The van der Waals surface area contributed by atoms with Gasteiger partial charge in [-0.15, -0.1) is 0 Å². The van der Waals surface area contributed by atoms with Gasteiger partial charge in [0.1, 0.15) is 10.1 Å². The molecule has 3 nitrogen and oxygen atoms in total. The Labute approximate surface area is 123 Å². The molecule has 0 atom stereocenters. The molecule has 0 aliphatic rings. The third kappa shape index (κ3) is 2.89. The largest absolute Gasteiger partial charge is 1.00 e. The third-order valence-electron chi connectivity index (χ3n) is 2.62. The summed E-state index contributed by atoms with van der Waals surface area (Å²) < 4.78 is 33.3. The van der Waals surface area contributed by atoms with E-state index in [2.05, 4.69) is 0 Å². The number of hydrogen-bond donors (Lipinski definition) is 0. The second-order valence-electron chi connectivity index (χ2n) is 3.88. The van der Waals surface area contributed by atoms with E-state index in [1.165, 1.54) is 6.07 Å². The molecule has 17 heavy (non-hydrogen) atoms. The van der Waals surface area contributed by atoms with Crippen LogP contribution in [0.5, 0.6) is 0 Å². The Morgan fingerprint density at radius 1 is 1.00 bits per heavy atom. The minimum Gasteiger partial charge on any atom is -0.744 e. The number of benzene rings is 2. The molecule has 0 aromatic heterocycles. The van der Waals surface area contributed by atoms with E-state index in [9.17, 15) is 13.0 Å². The third-order valence-corrected chi connectivity index (χ3v) is 3.51. The summed E-state index contributed by atoms with van der Waals surface area (Å²) in [7, 11) is -4.41. The number of aryl methyl sites for hydroxylation is 2. The maximum Gasteiger partial charge on any atom is 1.00 e. The fourth-order valence-electron chi connectivity index (χ4n) is 1.80. The van der Waals surface area contributed by atoms with E-state index >= 15 is 0 Å². The van der Waals surface area contributed by atoms with Crippen LogP contribution in [0.2, 0.25) is 0 Å². The minimum absolute atomic E-state index is 0. The van der Waals surface area contributed by atoms with E-state index < -0.39 is 10.1 Å². The first-order valence-corrected chi connectivity index (χ1v) is 6.26. The van der Waals surface area contributed by atoms with E-state index in [1.807, 2.05) is 19.9 Å². The molecule has 84 valence electrons. The maximum absolute atomic E-state index is 11.1. The number of rotatable bonds is 1. The second-order valence-corrected chi connectivity index (χ2v) is 5.23. The monoisotopic (exact) mass is 258 g/mol. The molecule has 0 fully saturated rings. The molecular weight excluding hydrogens is 247 g/mol.